The Morgan fingerprint density at radius 1 is 1.33 bits per heavy atom. The lowest BCUT2D eigenvalue weighted by Gasteiger charge is -2.15. The molecule has 1 N–H and O–H groups in total. The summed E-state index contributed by atoms with van der Waals surface area (Å²) < 4.78 is 10.9. The molecule has 0 saturated carbocycles. The van der Waals surface area contributed by atoms with Gasteiger partial charge in [0.15, 0.2) is 12.6 Å². The summed E-state index contributed by atoms with van der Waals surface area (Å²) in [4.78, 5) is 13.8. The Morgan fingerprint density at radius 3 is 2.54 bits per heavy atom. The quantitative estimate of drug-likeness (QED) is 0.234. The summed E-state index contributed by atoms with van der Waals surface area (Å²) >= 11 is 6.10. The van der Waals surface area contributed by atoms with Crippen LogP contribution in [0.5, 0.6) is 11.5 Å². The minimum Gasteiger partial charge on any atom is -0.507 e. The van der Waals surface area contributed by atoms with Crippen LogP contribution in [0, 0.1) is 0 Å². The van der Waals surface area contributed by atoms with Gasteiger partial charge in [-0.3, -0.25) is 4.79 Å². The zero-order chi connectivity index (χ0) is 18.3. The van der Waals surface area contributed by atoms with Crippen molar-refractivity contribution in [3.05, 3.63) is 35.0 Å². The van der Waals surface area contributed by atoms with Gasteiger partial charge in [-0.15, -0.1) is 0 Å². The van der Waals surface area contributed by atoms with E-state index in [-0.39, 0.29) is 28.9 Å². The first kappa shape index (κ1) is 20.5. The molecule has 0 amide bonds. The van der Waals surface area contributed by atoms with Crippen LogP contribution in [0.25, 0.3) is 0 Å². The van der Waals surface area contributed by atoms with Crippen molar-refractivity contribution in [3.63, 3.8) is 0 Å². The molecule has 5 nitrogen and oxygen atoms in total. The lowest BCUT2D eigenvalue weighted by Crippen LogP contribution is -2.22. The number of benzene rings is 1. The van der Waals surface area contributed by atoms with Crippen molar-refractivity contribution in [2.24, 2.45) is 0 Å². The van der Waals surface area contributed by atoms with Gasteiger partial charge in [0.2, 0.25) is 0 Å². The summed E-state index contributed by atoms with van der Waals surface area (Å²) in [6.07, 6.45) is 2.94. The molecule has 0 spiro atoms. The van der Waals surface area contributed by atoms with Crippen molar-refractivity contribution in [2.45, 2.75) is 25.7 Å². The summed E-state index contributed by atoms with van der Waals surface area (Å²) in [5, 5.41) is 10.2. The van der Waals surface area contributed by atoms with Gasteiger partial charge in [-0.2, -0.15) is 0 Å². The molecule has 0 aliphatic carbocycles. The second kappa shape index (κ2) is 9.10. The number of hydrogen-bond donors (Lipinski definition) is 1. The van der Waals surface area contributed by atoms with E-state index >= 15 is 0 Å². The zero-order valence-corrected chi connectivity index (χ0v) is 16.7. The van der Waals surface area contributed by atoms with Crippen LogP contribution in [-0.4, -0.2) is 51.4 Å². The number of allylic oxidation sites excluding steroid dienone is 1. The maximum absolute atomic E-state index is 12.1. The highest BCUT2D eigenvalue weighted by atomic mass is 35.5. The van der Waals surface area contributed by atoms with Crippen molar-refractivity contribution in [1.29, 1.82) is 0 Å². The topological polar surface area (TPSA) is 59.0 Å². The Hall–Kier alpha value is -1.50. The summed E-state index contributed by atoms with van der Waals surface area (Å²) in [7, 11) is 2.46. The van der Waals surface area contributed by atoms with Crippen LogP contribution in [0.15, 0.2) is 24.4 Å². The molecule has 0 heterocycles. The fourth-order valence-electron chi connectivity index (χ4n) is 1.74. The number of phenolic OH excluding ortho intramolecular Hbond substituents is 1. The molecule has 7 heteroatoms. The number of ether oxygens (including phenoxy) is 2. The largest absolute Gasteiger partial charge is 0.507 e. The second-order valence-corrected chi connectivity index (χ2v) is 13.0. The molecule has 1 aromatic carbocycles. The lowest BCUT2D eigenvalue weighted by molar-refractivity contribution is 0.0219. The minimum absolute atomic E-state index is 0.0572. The van der Waals surface area contributed by atoms with E-state index in [9.17, 15) is 9.90 Å². The van der Waals surface area contributed by atoms with E-state index in [1.165, 1.54) is 18.2 Å². The van der Waals surface area contributed by atoms with Crippen molar-refractivity contribution < 1.29 is 19.4 Å². The monoisotopic (exact) mass is 371 g/mol. The molecule has 0 saturated heterocycles. The van der Waals surface area contributed by atoms with Gasteiger partial charge in [0, 0.05) is 47.1 Å². The van der Waals surface area contributed by atoms with E-state index < -0.39 is 8.07 Å². The van der Waals surface area contributed by atoms with E-state index in [0.29, 0.717) is 12.4 Å². The molecule has 24 heavy (non-hydrogen) atoms. The predicted molar refractivity (Wildman–Crippen MR) is 99.9 cm³/mol. The summed E-state index contributed by atoms with van der Waals surface area (Å²) in [5.74, 6) is -0.226. The van der Waals surface area contributed by atoms with Crippen LogP contribution in [0.4, 0.5) is 0 Å². The molecule has 0 radical (unpaired) electrons. The van der Waals surface area contributed by atoms with E-state index in [4.69, 9.17) is 21.1 Å². The number of rotatable bonds is 9. The summed E-state index contributed by atoms with van der Waals surface area (Å²) in [6.45, 7) is 7.54. The van der Waals surface area contributed by atoms with Gasteiger partial charge in [0.05, 0.1) is 10.6 Å². The van der Waals surface area contributed by atoms with Crippen LogP contribution in [0.2, 0.25) is 30.7 Å². The first-order valence-electron chi connectivity index (χ1n) is 7.72. The third kappa shape index (κ3) is 7.38. The van der Waals surface area contributed by atoms with Crippen molar-refractivity contribution in [3.8, 4) is 11.5 Å². The van der Waals surface area contributed by atoms with Gasteiger partial charge in [0.25, 0.3) is 0 Å². The maximum atomic E-state index is 12.1. The number of phenols is 1. The van der Waals surface area contributed by atoms with Crippen LogP contribution in [-0.2, 0) is 4.74 Å². The third-order valence-electron chi connectivity index (χ3n) is 3.12. The standard InChI is InChI=1S/C17H26ClNO4Si/c1-19(2)7-6-15(20)17-14(18)10-13(11-16(17)21)23-12-22-8-9-24(3,4)5/h6-7,10-11,21H,8-9,12H2,1-5H3. The van der Waals surface area contributed by atoms with Gasteiger partial charge in [-0.1, -0.05) is 31.2 Å². The van der Waals surface area contributed by atoms with E-state index in [2.05, 4.69) is 19.6 Å². The molecule has 0 aliphatic rings. The van der Waals surface area contributed by atoms with E-state index in [0.717, 1.165) is 6.04 Å². The Kier molecular flexibility index (Phi) is 7.79. The van der Waals surface area contributed by atoms with Crippen molar-refractivity contribution in [1.82, 2.24) is 4.90 Å². The number of carbonyl (C=O) groups is 1. The van der Waals surface area contributed by atoms with Gasteiger partial charge < -0.3 is 19.5 Å². The maximum Gasteiger partial charge on any atom is 0.192 e. The number of aromatic hydroxyl groups is 1. The molecule has 0 fully saturated rings. The van der Waals surface area contributed by atoms with Crippen molar-refractivity contribution in [2.75, 3.05) is 27.5 Å². The highest BCUT2D eigenvalue weighted by molar-refractivity contribution is 6.76. The molecule has 1 aromatic rings. The van der Waals surface area contributed by atoms with Gasteiger partial charge in [-0.25, -0.2) is 0 Å². The molecule has 0 aromatic heterocycles. The molecule has 0 bridgehead atoms. The molecule has 0 unspecified atom stereocenters. The van der Waals surface area contributed by atoms with Crippen LogP contribution >= 0.6 is 11.6 Å². The summed E-state index contributed by atoms with van der Waals surface area (Å²) in [6, 6.07) is 3.92. The number of hydrogen-bond acceptors (Lipinski definition) is 5. The van der Waals surface area contributed by atoms with Crippen LogP contribution in [0.1, 0.15) is 10.4 Å². The predicted octanol–water partition coefficient (Wildman–Crippen LogP) is 3.99. The Bertz CT molecular complexity index is 574. The van der Waals surface area contributed by atoms with Gasteiger partial charge in [0.1, 0.15) is 11.5 Å². The van der Waals surface area contributed by atoms with Crippen LogP contribution in [0.3, 0.4) is 0 Å². The average Bonchev–Trinajstić information content (AvgIpc) is 2.42. The molecular weight excluding hydrogens is 346 g/mol. The minimum atomic E-state index is -1.13. The van der Waals surface area contributed by atoms with Gasteiger partial charge >= 0.3 is 0 Å². The van der Waals surface area contributed by atoms with Crippen molar-refractivity contribution >= 4 is 25.5 Å². The second-order valence-electron chi connectivity index (χ2n) is 6.92. The van der Waals surface area contributed by atoms with Crippen LogP contribution < -0.4 is 4.74 Å². The van der Waals surface area contributed by atoms with E-state index in [1.807, 2.05) is 0 Å². The molecule has 0 atom stereocenters. The van der Waals surface area contributed by atoms with E-state index in [1.54, 1.807) is 25.2 Å². The molecular formula is C17H26ClNO4Si. The zero-order valence-electron chi connectivity index (χ0n) is 14.9. The number of ketones is 1. The Labute approximate surface area is 149 Å². The highest BCUT2D eigenvalue weighted by Crippen LogP contribution is 2.32. The number of carbonyl (C=O) groups excluding carboxylic acids is 1. The fourth-order valence-corrected chi connectivity index (χ4v) is 2.80. The van der Waals surface area contributed by atoms with Gasteiger partial charge in [-0.05, 0) is 12.1 Å². The number of halogens is 1. The Morgan fingerprint density at radius 2 is 2.00 bits per heavy atom. The number of nitrogens with zero attached hydrogens (tertiary/aromatic N) is 1. The first-order chi connectivity index (χ1) is 11.1. The average molecular weight is 372 g/mol. The normalized spacial score (nSPS) is 11.8. The Balaban J connectivity index is 2.66. The highest BCUT2D eigenvalue weighted by Gasteiger charge is 2.16. The fraction of sp³-hybridized carbons (Fsp3) is 0.471. The first-order valence-corrected chi connectivity index (χ1v) is 11.8. The molecule has 1 rings (SSSR count). The lowest BCUT2D eigenvalue weighted by atomic mass is 10.1. The molecule has 134 valence electrons. The smallest absolute Gasteiger partial charge is 0.192 e. The molecule has 0 aliphatic heterocycles. The SMILES string of the molecule is CN(C)C=CC(=O)c1c(O)cc(OCOCC[Si](C)(C)C)cc1Cl. The third-order valence-corrected chi connectivity index (χ3v) is 5.12. The summed E-state index contributed by atoms with van der Waals surface area (Å²) in [5.41, 5.74) is 0.0572.